The molecule has 0 aliphatic rings. The molecule has 140 valence electrons. The third-order valence-corrected chi connectivity index (χ3v) is 6.98. The third kappa shape index (κ3) is 6.59. The first-order valence-electron chi connectivity index (χ1n) is 9.75. The van der Waals surface area contributed by atoms with Crippen molar-refractivity contribution in [3.63, 3.8) is 0 Å². The van der Waals surface area contributed by atoms with E-state index in [1.54, 1.807) is 0 Å². The van der Waals surface area contributed by atoms with Crippen LogP contribution in [-0.2, 0) is 19.3 Å². The van der Waals surface area contributed by atoms with Crippen LogP contribution < -0.4 is 0 Å². The van der Waals surface area contributed by atoms with Crippen molar-refractivity contribution < 1.29 is 0 Å². The highest BCUT2D eigenvalue weighted by molar-refractivity contribution is 9.36. The highest BCUT2D eigenvalue weighted by Crippen LogP contribution is 2.38. The average Bonchev–Trinajstić information content (AvgIpc) is 2.70. The zero-order valence-electron chi connectivity index (χ0n) is 15.8. The maximum absolute atomic E-state index is 3.65. The molecular weight excluding hydrogens is 411 g/mol. The molecular formula is C25H28BrP. The third-order valence-electron chi connectivity index (χ3n) is 5.24. The highest BCUT2D eigenvalue weighted by Gasteiger charge is 2.30. The van der Waals surface area contributed by atoms with Gasteiger partial charge in [0.2, 0.25) is 0 Å². The molecule has 0 radical (unpaired) electrons. The number of hydrogen-bond acceptors (Lipinski definition) is 0. The van der Waals surface area contributed by atoms with Gasteiger partial charge in [-0.25, -0.2) is 0 Å². The second-order valence-electron chi connectivity index (χ2n) is 7.47. The van der Waals surface area contributed by atoms with Gasteiger partial charge in [-0.2, -0.15) is 0 Å². The lowest BCUT2D eigenvalue weighted by atomic mass is 9.69. The van der Waals surface area contributed by atoms with Gasteiger partial charge in [0.15, 0.2) is 0 Å². The van der Waals surface area contributed by atoms with Crippen LogP contribution in [0.5, 0.6) is 0 Å². The van der Waals surface area contributed by atoms with Gasteiger partial charge in [0, 0.05) is 0 Å². The second-order valence-corrected chi connectivity index (χ2v) is 9.92. The summed E-state index contributed by atoms with van der Waals surface area (Å²) in [5, 5.41) is 0. The van der Waals surface area contributed by atoms with Crippen molar-refractivity contribution in [2.75, 3.05) is 6.16 Å². The summed E-state index contributed by atoms with van der Waals surface area (Å²) < 4.78 is 0. The summed E-state index contributed by atoms with van der Waals surface area (Å²) in [6, 6.07) is 33.1. The Bertz CT molecular complexity index is 670. The molecule has 27 heavy (non-hydrogen) atoms. The Morgan fingerprint density at radius 1 is 0.593 bits per heavy atom. The topological polar surface area (TPSA) is 0 Å². The quantitative estimate of drug-likeness (QED) is 0.227. The van der Waals surface area contributed by atoms with E-state index in [0.717, 1.165) is 26.5 Å². The zero-order valence-corrected chi connectivity index (χ0v) is 18.4. The summed E-state index contributed by atoms with van der Waals surface area (Å²) in [5.41, 5.74) is 4.60. The Labute approximate surface area is 173 Å². The molecule has 0 nitrogen and oxygen atoms in total. The minimum Gasteiger partial charge on any atom is -0.0642 e. The highest BCUT2D eigenvalue weighted by atomic mass is 79.9. The van der Waals surface area contributed by atoms with E-state index < -0.39 is 0 Å². The fourth-order valence-corrected chi connectivity index (χ4v) is 5.22. The summed E-state index contributed by atoms with van der Waals surface area (Å²) in [6.45, 7) is 0. The minimum atomic E-state index is 0.247. The molecule has 3 aromatic carbocycles. The van der Waals surface area contributed by atoms with Gasteiger partial charge in [0.05, 0.1) is 0 Å². The van der Waals surface area contributed by atoms with Crippen LogP contribution in [0.1, 0.15) is 29.5 Å². The van der Waals surface area contributed by atoms with Crippen molar-refractivity contribution in [1.82, 2.24) is 0 Å². The Morgan fingerprint density at radius 3 is 1.30 bits per heavy atom. The van der Waals surface area contributed by atoms with Crippen LogP contribution in [0.15, 0.2) is 91.0 Å². The molecule has 2 heteroatoms. The lowest BCUT2D eigenvalue weighted by Gasteiger charge is -2.35. The first-order chi connectivity index (χ1) is 13.3. The van der Waals surface area contributed by atoms with Gasteiger partial charge < -0.3 is 0 Å². The minimum absolute atomic E-state index is 0.247. The monoisotopic (exact) mass is 438 g/mol. The van der Waals surface area contributed by atoms with Crippen molar-refractivity contribution in [3.05, 3.63) is 108 Å². The number of halogens is 1. The smallest absolute Gasteiger partial charge is 0.0176 e. The predicted molar refractivity (Wildman–Crippen MR) is 124 cm³/mol. The van der Waals surface area contributed by atoms with Crippen molar-refractivity contribution in [1.29, 1.82) is 0 Å². The standard InChI is InChI=1S/C25H28BrP/c26-27-18-10-17-25(19-22-11-4-1-5-12-22,20-23-13-6-2-7-14-23)21-24-15-8-3-9-16-24/h1-9,11-16,27H,10,17-21H2. The number of rotatable bonds is 10. The molecule has 0 spiro atoms. The molecule has 0 saturated carbocycles. The summed E-state index contributed by atoms with van der Waals surface area (Å²) in [7, 11) is 0.860. The molecule has 3 rings (SSSR count). The summed E-state index contributed by atoms with van der Waals surface area (Å²) in [4.78, 5) is 0. The van der Waals surface area contributed by atoms with Crippen LogP contribution in [0.2, 0.25) is 0 Å². The van der Waals surface area contributed by atoms with Gasteiger partial charge in [0.25, 0.3) is 0 Å². The van der Waals surface area contributed by atoms with E-state index in [1.807, 2.05) is 0 Å². The van der Waals surface area contributed by atoms with Crippen LogP contribution >= 0.6 is 22.8 Å². The zero-order chi connectivity index (χ0) is 18.8. The first-order valence-corrected chi connectivity index (χ1v) is 13.2. The van der Waals surface area contributed by atoms with Gasteiger partial charge in [-0.05, 0) is 60.4 Å². The van der Waals surface area contributed by atoms with Crippen molar-refractivity contribution in [2.45, 2.75) is 32.1 Å². The SMILES string of the molecule is BrPCCCC(Cc1ccccc1)(Cc1ccccc1)Cc1ccccc1. The van der Waals surface area contributed by atoms with Crippen molar-refractivity contribution in [2.24, 2.45) is 5.41 Å². The van der Waals surface area contributed by atoms with Crippen LogP contribution in [0.3, 0.4) is 0 Å². The number of hydrogen-bond donors (Lipinski definition) is 0. The molecule has 0 aliphatic heterocycles. The van der Waals surface area contributed by atoms with E-state index >= 15 is 0 Å². The van der Waals surface area contributed by atoms with E-state index in [1.165, 1.54) is 35.7 Å². The van der Waals surface area contributed by atoms with Gasteiger partial charge in [0.1, 0.15) is 0 Å². The normalized spacial score (nSPS) is 11.9. The van der Waals surface area contributed by atoms with E-state index in [4.69, 9.17) is 0 Å². The van der Waals surface area contributed by atoms with Crippen molar-refractivity contribution in [3.8, 4) is 0 Å². The molecule has 0 aromatic heterocycles. The summed E-state index contributed by atoms with van der Waals surface area (Å²) in [5.74, 6) is 0. The van der Waals surface area contributed by atoms with Gasteiger partial charge >= 0.3 is 0 Å². The van der Waals surface area contributed by atoms with E-state index in [-0.39, 0.29) is 5.41 Å². The first kappa shape index (κ1) is 20.3. The molecule has 0 fully saturated rings. The lowest BCUT2D eigenvalue weighted by Crippen LogP contribution is -2.30. The maximum Gasteiger partial charge on any atom is -0.0176 e. The molecule has 0 N–H and O–H groups in total. The maximum atomic E-state index is 3.65. The molecule has 0 aliphatic carbocycles. The van der Waals surface area contributed by atoms with E-state index in [2.05, 4.69) is 106 Å². The molecule has 0 heterocycles. The number of benzene rings is 3. The van der Waals surface area contributed by atoms with Crippen LogP contribution in [0.4, 0.5) is 0 Å². The molecule has 0 amide bonds. The molecule has 0 bridgehead atoms. The molecule has 3 aromatic rings. The van der Waals surface area contributed by atoms with Crippen LogP contribution in [-0.4, -0.2) is 6.16 Å². The predicted octanol–water partition coefficient (Wildman–Crippen LogP) is 7.47. The van der Waals surface area contributed by atoms with Gasteiger partial charge in [-0.1, -0.05) is 114 Å². The molecule has 0 saturated heterocycles. The molecule has 1 atom stereocenters. The fourth-order valence-electron chi connectivity index (χ4n) is 4.07. The van der Waals surface area contributed by atoms with Gasteiger partial charge in [-0.15, -0.1) is 0 Å². The van der Waals surface area contributed by atoms with Gasteiger partial charge in [-0.3, -0.25) is 0 Å². The van der Waals surface area contributed by atoms with Crippen LogP contribution in [0, 0.1) is 5.41 Å². The Balaban J connectivity index is 1.93. The van der Waals surface area contributed by atoms with E-state index in [9.17, 15) is 0 Å². The second kappa shape index (κ2) is 10.8. The fraction of sp³-hybridized carbons (Fsp3) is 0.280. The Morgan fingerprint density at radius 2 is 0.963 bits per heavy atom. The van der Waals surface area contributed by atoms with Crippen LogP contribution in [0.25, 0.3) is 0 Å². The Hall–Kier alpha value is -1.43. The summed E-state index contributed by atoms with van der Waals surface area (Å²) in [6.07, 6.45) is 7.18. The van der Waals surface area contributed by atoms with Crippen molar-refractivity contribution >= 4 is 22.8 Å². The molecule has 1 unspecified atom stereocenters. The average molecular weight is 439 g/mol. The van der Waals surface area contributed by atoms with E-state index in [0.29, 0.717) is 0 Å². The largest absolute Gasteiger partial charge is 0.0642 e. The lowest BCUT2D eigenvalue weighted by molar-refractivity contribution is 0.252. The Kier molecular flexibility index (Phi) is 8.11. The summed E-state index contributed by atoms with van der Waals surface area (Å²) >= 11 is 3.65.